The molecule has 21 heavy (non-hydrogen) atoms. The summed E-state index contributed by atoms with van der Waals surface area (Å²) in [5.74, 6) is -1.76. The van der Waals surface area contributed by atoms with Crippen molar-refractivity contribution in [2.45, 2.75) is 6.18 Å². The van der Waals surface area contributed by atoms with E-state index in [0.29, 0.717) is 13.1 Å². The van der Waals surface area contributed by atoms with Crippen molar-refractivity contribution < 1.29 is 22.8 Å². The first kappa shape index (κ1) is 17.0. The summed E-state index contributed by atoms with van der Waals surface area (Å²) in [7, 11) is 3.63. The minimum absolute atomic E-state index is 0.121. The number of anilines is 1. The lowest BCUT2D eigenvalue weighted by molar-refractivity contribution is -0.137. The van der Waals surface area contributed by atoms with Gasteiger partial charge in [-0.3, -0.25) is 9.59 Å². The highest BCUT2D eigenvalue weighted by Gasteiger charge is 2.30. The van der Waals surface area contributed by atoms with Gasteiger partial charge in [0, 0.05) is 18.8 Å². The molecule has 1 aromatic carbocycles. The average molecular weight is 303 g/mol. The second kappa shape index (κ2) is 7.07. The van der Waals surface area contributed by atoms with Crippen molar-refractivity contribution in [2.24, 2.45) is 0 Å². The molecule has 5 nitrogen and oxygen atoms in total. The number of carbonyl (C=O) groups is 2. The molecule has 2 amide bonds. The molecule has 116 valence electrons. The molecule has 0 aromatic heterocycles. The van der Waals surface area contributed by atoms with E-state index in [2.05, 4.69) is 10.6 Å². The molecule has 0 aliphatic carbocycles. The van der Waals surface area contributed by atoms with Gasteiger partial charge in [0.05, 0.1) is 5.56 Å². The third-order valence-corrected chi connectivity index (χ3v) is 2.52. The third-order valence-electron chi connectivity index (χ3n) is 2.52. The van der Waals surface area contributed by atoms with Gasteiger partial charge in [-0.15, -0.1) is 0 Å². The fraction of sp³-hybridized carbons (Fsp3) is 0.385. The molecule has 0 aliphatic heterocycles. The van der Waals surface area contributed by atoms with E-state index in [1.807, 2.05) is 19.0 Å². The van der Waals surface area contributed by atoms with Gasteiger partial charge in [-0.05, 0) is 38.4 Å². The predicted octanol–water partition coefficient (Wildman–Crippen LogP) is 1.32. The van der Waals surface area contributed by atoms with Crippen LogP contribution in [-0.4, -0.2) is 43.9 Å². The summed E-state index contributed by atoms with van der Waals surface area (Å²) in [6, 6.07) is 3.85. The van der Waals surface area contributed by atoms with E-state index >= 15 is 0 Å². The second-order valence-electron chi connectivity index (χ2n) is 4.59. The maximum absolute atomic E-state index is 12.4. The maximum Gasteiger partial charge on any atom is 0.416 e. The minimum Gasteiger partial charge on any atom is -0.347 e. The molecule has 0 bridgehead atoms. The number of rotatable bonds is 4. The summed E-state index contributed by atoms with van der Waals surface area (Å²) in [5, 5.41) is 4.62. The van der Waals surface area contributed by atoms with Gasteiger partial charge < -0.3 is 15.5 Å². The van der Waals surface area contributed by atoms with Crippen LogP contribution in [0.2, 0.25) is 0 Å². The molecule has 0 saturated heterocycles. The van der Waals surface area contributed by atoms with Gasteiger partial charge in [-0.25, -0.2) is 0 Å². The third kappa shape index (κ3) is 5.82. The number of nitrogens with one attached hydrogen (secondary N) is 2. The van der Waals surface area contributed by atoms with Crippen LogP contribution < -0.4 is 10.6 Å². The van der Waals surface area contributed by atoms with Crippen LogP contribution in [-0.2, 0) is 15.8 Å². The lowest BCUT2D eigenvalue weighted by Gasteiger charge is -2.11. The highest BCUT2D eigenvalue weighted by Crippen LogP contribution is 2.29. The first-order valence-corrected chi connectivity index (χ1v) is 6.11. The van der Waals surface area contributed by atoms with Gasteiger partial charge in [0.25, 0.3) is 0 Å². The molecule has 1 rings (SSSR count). The first-order valence-electron chi connectivity index (χ1n) is 6.11. The van der Waals surface area contributed by atoms with Crippen LogP contribution in [0.25, 0.3) is 0 Å². The van der Waals surface area contributed by atoms with E-state index in [4.69, 9.17) is 0 Å². The number of hydrogen-bond donors (Lipinski definition) is 2. The Bertz CT molecular complexity index is 498. The van der Waals surface area contributed by atoms with Crippen molar-refractivity contribution in [1.29, 1.82) is 0 Å². The quantitative estimate of drug-likeness (QED) is 0.825. The Morgan fingerprint density at radius 2 is 1.67 bits per heavy atom. The van der Waals surface area contributed by atoms with Gasteiger partial charge in [0.2, 0.25) is 0 Å². The zero-order valence-corrected chi connectivity index (χ0v) is 11.6. The van der Waals surface area contributed by atoms with Crippen LogP contribution >= 0.6 is 0 Å². The Balaban J connectivity index is 2.53. The molecule has 1 aromatic rings. The Labute approximate surface area is 120 Å². The van der Waals surface area contributed by atoms with Crippen LogP contribution in [0.15, 0.2) is 24.3 Å². The largest absolute Gasteiger partial charge is 0.416 e. The van der Waals surface area contributed by atoms with Crippen molar-refractivity contribution in [1.82, 2.24) is 10.2 Å². The smallest absolute Gasteiger partial charge is 0.347 e. The summed E-state index contributed by atoms with van der Waals surface area (Å²) >= 11 is 0. The Kier molecular flexibility index (Phi) is 5.71. The number of amides is 2. The van der Waals surface area contributed by atoms with E-state index in [0.717, 1.165) is 24.3 Å². The molecule has 8 heteroatoms. The number of halogens is 3. The maximum atomic E-state index is 12.4. The molecular weight excluding hydrogens is 287 g/mol. The number of hydrogen-bond acceptors (Lipinski definition) is 3. The highest BCUT2D eigenvalue weighted by atomic mass is 19.4. The van der Waals surface area contributed by atoms with Crippen LogP contribution in [0.1, 0.15) is 5.56 Å². The number of carbonyl (C=O) groups excluding carboxylic acids is 2. The Morgan fingerprint density at radius 3 is 2.14 bits per heavy atom. The van der Waals surface area contributed by atoms with Gasteiger partial charge >= 0.3 is 18.0 Å². The van der Waals surface area contributed by atoms with E-state index in [1.54, 1.807) is 0 Å². The lowest BCUT2D eigenvalue weighted by atomic mass is 10.2. The van der Waals surface area contributed by atoms with E-state index in [1.165, 1.54) is 0 Å². The topological polar surface area (TPSA) is 61.4 Å². The number of alkyl halides is 3. The highest BCUT2D eigenvalue weighted by molar-refractivity contribution is 6.39. The zero-order valence-electron chi connectivity index (χ0n) is 11.6. The normalized spacial score (nSPS) is 11.3. The van der Waals surface area contributed by atoms with Crippen molar-refractivity contribution in [3.63, 3.8) is 0 Å². The second-order valence-corrected chi connectivity index (χ2v) is 4.59. The van der Waals surface area contributed by atoms with E-state index in [9.17, 15) is 22.8 Å². The molecule has 0 radical (unpaired) electrons. The number of nitrogens with zero attached hydrogens (tertiary/aromatic N) is 1. The van der Waals surface area contributed by atoms with E-state index in [-0.39, 0.29) is 5.69 Å². The van der Waals surface area contributed by atoms with Gasteiger partial charge in [-0.1, -0.05) is 0 Å². The molecule has 2 N–H and O–H groups in total. The number of benzene rings is 1. The van der Waals surface area contributed by atoms with Crippen molar-refractivity contribution >= 4 is 17.5 Å². The molecule has 0 fully saturated rings. The van der Waals surface area contributed by atoms with Crippen LogP contribution in [0, 0.1) is 0 Å². The van der Waals surface area contributed by atoms with Crippen molar-refractivity contribution in [3.8, 4) is 0 Å². The van der Waals surface area contributed by atoms with Crippen molar-refractivity contribution in [3.05, 3.63) is 29.8 Å². The van der Waals surface area contributed by atoms with Crippen LogP contribution in [0.4, 0.5) is 18.9 Å². The predicted molar refractivity (Wildman–Crippen MR) is 71.6 cm³/mol. The molecular formula is C13H16F3N3O2. The van der Waals surface area contributed by atoms with Gasteiger partial charge in [-0.2, -0.15) is 13.2 Å². The summed E-state index contributed by atoms with van der Waals surface area (Å²) in [6.45, 7) is 0.867. The summed E-state index contributed by atoms with van der Waals surface area (Å²) in [5.41, 5.74) is -0.702. The number of likely N-dealkylation sites (N-methyl/N-ethyl adjacent to an activating group) is 1. The summed E-state index contributed by atoms with van der Waals surface area (Å²) in [4.78, 5) is 24.8. The van der Waals surface area contributed by atoms with Gasteiger partial charge in [0.1, 0.15) is 0 Å². The monoisotopic (exact) mass is 303 g/mol. The van der Waals surface area contributed by atoms with E-state index < -0.39 is 23.6 Å². The standard InChI is InChI=1S/C13H16F3N3O2/c1-19(2)8-7-17-11(20)12(21)18-10-5-3-9(4-6-10)13(14,15)16/h3-6H,7-8H2,1-2H3,(H,17,20)(H,18,21). The molecule has 0 aliphatic rings. The fourth-order valence-electron chi connectivity index (χ4n) is 1.40. The molecule has 0 heterocycles. The Hall–Kier alpha value is -2.09. The lowest BCUT2D eigenvalue weighted by Crippen LogP contribution is -2.38. The molecule has 0 saturated carbocycles. The first-order chi connectivity index (χ1) is 9.70. The molecule has 0 unspecified atom stereocenters. The summed E-state index contributed by atoms with van der Waals surface area (Å²) < 4.78 is 37.1. The van der Waals surface area contributed by atoms with Crippen LogP contribution in [0.5, 0.6) is 0 Å². The zero-order chi connectivity index (χ0) is 16.0. The minimum atomic E-state index is -4.44. The fourth-order valence-corrected chi connectivity index (χ4v) is 1.40. The Morgan fingerprint density at radius 1 is 1.10 bits per heavy atom. The van der Waals surface area contributed by atoms with Crippen molar-refractivity contribution in [2.75, 3.05) is 32.5 Å². The SMILES string of the molecule is CN(C)CCNC(=O)C(=O)Nc1ccc(C(F)(F)F)cc1. The molecule has 0 atom stereocenters. The molecule has 0 spiro atoms. The van der Waals surface area contributed by atoms with Gasteiger partial charge in [0.15, 0.2) is 0 Å². The van der Waals surface area contributed by atoms with Crippen LogP contribution in [0.3, 0.4) is 0 Å². The average Bonchev–Trinajstić information content (AvgIpc) is 2.37. The summed E-state index contributed by atoms with van der Waals surface area (Å²) in [6.07, 6.45) is -4.44.